The Bertz CT molecular complexity index is 802. The molecule has 7 nitrogen and oxygen atoms in total. The second-order valence-corrected chi connectivity index (χ2v) is 7.99. The summed E-state index contributed by atoms with van der Waals surface area (Å²) in [4.78, 5) is 12.1. The Morgan fingerprint density at radius 3 is 2.74 bits per heavy atom. The van der Waals surface area contributed by atoms with Crippen molar-refractivity contribution in [3.63, 3.8) is 0 Å². The van der Waals surface area contributed by atoms with E-state index in [1.165, 1.54) is 0 Å². The molecule has 23 heavy (non-hydrogen) atoms. The Morgan fingerprint density at radius 1 is 1.35 bits per heavy atom. The predicted octanol–water partition coefficient (Wildman–Crippen LogP) is 2.18. The monoisotopic (exact) mass is 354 g/mol. The van der Waals surface area contributed by atoms with Crippen LogP contribution >= 0.6 is 11.3 Å². The van der Waals surface area contributed by atoms with E-state index in [0.29, 0.717) is 12.0 Å². The van der Waals surface area contributed by atoms with Gasteiger partial charge in [0.05, 0.1) is 0 Å². The second kappa shape index (κ2) is 7.16. The largest absolute Gasteiger partial charge is 0.296 e. The number of rotatable bonds is 6. The van der Waals surface area contributed by atoms with Gasteiger partial charge >= 0.3 is 0 Å². The quantitative estimate of drug-likeness (QED) is 0.774. The van der Waals surface area contributed by atoms with Crippen LogP contribution in [0.25, 0.3) is 0 Å². The Labute approximate surface area is 139 Å². The number of aryl methyl sites for hydroxylation is 1. The van der Waals surface area contributed by atoms with Gasteiger partial charge in [-0.1, -0.05) is 36.0 Å². The zero-order valence-electron chi connectivity index (χ0n) is 13.0. The summed E-state index contributed by atoms with van der Waals surface area (Å²) in [6.07, 6.45) is 0.662. The van der Waals surface area contributed by atoms with Gasteiger partial charge in [-0.15, -0.1) is 10.2 Å². The van der Waals surface area contributed by atoms with Crippen LogP contribution in [0.4, 0.5) is 5.13 Å². The van der Waals surface area contributed by atoms with Crippen molar-refractivity contribution in [1.29, 1.82) is 0 Å². The maximum atomic E-state index is 12.1. The molecule has 1 heterocycles. The molecule has 0 aliphatic rings. The van der Waals surface area contributed by atoms with Gasteiger partial charge < -0.3 is 0 Å². The lowest BCUT2D eigenvalue weighted by Crippen LogP contribution is -2.31. The van der Waals surface area contributed by atoms with Crippen LogP contribution in [0.3, 0.4) is 0 Å². The fourth-order valence-electron chi connectivity index (χ4n) is 1.72. The number of aromatic nitrogens is 2. The first-order valence-corrected chi connectivity index (χ1v) is 9.35. The zero-order valence-corrected chi connectivity index (χ0v) is 14.7. The molecule has 2 rings (SSSR count). The van der Waals surface area contributed by atoms with E-state index in [2.05, 4.69) is 20.2 Å². The molecule has 124 valence electrons. The number of carbonyl (C=O) groups excluding carboxylic acids is 1. The maximum Gasteiger partial charge on any atom is 0.270 e. The normalized spacial score (nSPS) is 12.8. The molecule has 0 saturated heterocycles. The van der Waals surface area contributed by atoms with E-state index in [0.717, 1.165) is 16.9 Å². The van der Waals surface area contributed by atoms with Crippen molar-refractivity contribution >= 4 is 32.4 Å². The summed E-state index contributed by atoms with van der Waals surface area (Å²) in [5.41, 5.74) is 1.43. The summed E-state index contributed by atoms with van der Waals surface area (Å²) < 4.78 is 26.5. The fraction of sp³-hybridized carbons (Fsp3) is 0.357. The molecule has 0 aliphatic heterocycles. The van der Waals surface area contributed by atoms with E-state index in [9.17, 15) is 13.2 Å². The number of carbonyl (C=O) groups is 1. The van der Waals surface area contributed by atoms with E-state index >= 15 is 0 Å². The smallest absolute Gasteiger partial charge is 0.270 e. The number of amides is 1. The highest BCUT2D eigenvalue weighted by atomic mass is 32.2. The first-order valence-electron chi connectivity index (χ1n) is 7.05. The molecule has 0 saturated carbocycles. The van der Waals surface area contributed by atoms with Crippen molar-refractivity contribution in [1.82, 2.24) is 14.9 Å². The number of hydrogen-bond acceptors (Lipinski definition) is 6. The van der Waals surface area contributed by atoms with Gasteiger partial charge in [0.15, 0.2) is 0 Å². The average Bonchev–Trinajstić information content (AvgIpc) is 2.96. The van der Waals surface area contributed by atoms with Crippen LogP contribution < -0.4 is 10.0 Å². The average molecular weight is 354 g/mol. The van der Waals surface area contributed by atoms with Gasteiger partial charge in [-0.05, 0) is 32.4 Å². The molecule has 0 radical (unpaired) electrons. The summed E-state index contributed by atoms with van der Waals surface area (Å²) in [6.45, 7) is 5.52. The SMILES string of the molecule is CCC(C)NS(=O)(=O)c1nnc(NC(=O)c2cccc(C)c2)s1. The van der Waals surface area contributed by atoms with E-state index in [-0.39, 0.29) is 21.4 Å². The van der Waals surface area contributed by atoms with Gasteiger partial charge in [0.2, 0.25) is 9.47 Å². The molecule has 0 spiro atoms. The lowest BCUT2D eigenvalue weighted by atomic mass is 10.1. The Morgan fingerprint density at radius 2 is 2.09 bits per heavy atom. The molecule has 2 N–H and O–H groups in total. The highest BCUT2D eigenvalue weighted by Gasteiger charge is 2.22. The van der Waals surface area contributed by atoms with Crippen molar-refractivity contribution in [3.8, 4) is 0 Å². The van der Waals surface area contributed by atoms with Crippen molar-refractivity contribution < 1.29 is 13.2 Å². The van der Waals surface area contributed by atoms with Gasteiger partial charge in [0, 0.05) is 11.6 Å². The van der Waals surface area contributed by atoms with Gasteiger partial charge in [-0.3, -0.25) is 10.1 Å². The van der Waals surface area contributed by atoms with Crippen LogP contribution in [0.15, 0.2) is 28.6 Å². The molecule has 1 unspecified atom stereocenters. The molecule has 9 heteroatoms. The number of nitrogens with one attached hydrogen (secondary N) is 2. The zero-order chi connectivity index (χ0) is 17.0. The van der Waals surface area contributed by atoms with Gasteiger partial charge in [-0.25, -0.2) is 13.1 Å². The fourth-order valence-corrected chi connectivity index (χ4v) is 3.96. The molecule has 1 aromatic carbocycles. The number of anilines is 1. The minimum absolute atomic E-state index is 0.140. The highest BCUT2D eigenvalue weighted by Crippen LogP contribution is 2.21. The summed E-state index contributed by atoms with van der Waals surface area (Å²) in [6, 6.07) is 6.86. The van der Waals surface area contributed by atoms with Gasteiger partial charge in [0.1, 0.15) is 0 Å². The molecule has 0 aliphatic carbocycles. The minimum Gasteiger partial charge on any atom is -0.296 e. The van der Waals surface area contributed by atoms with Crippen molar-refractivity contribution in [2.24, 2.45) is 0 Å². The highest BCUT2D eigenvalue weighted by molar-refractivity contribution is 7.91. The van der Waals surface area contributed by atoms with E-state index in [1.807, 2.05) is 19.9 Å². The number of sulfonamides is 1. The van der Waals surface area contributed by atoms with E-state index in [4.69, 9.17) is 0 Å². The first kappa shape index (κ1) is 17.5. The summed E-state index contributed by atoms with van der Waals surface area (Å²) in [5.74, 6) is -0.358. The topological polar surface area (TPSA) is 101 Å². The molecular weight excluding hydrogens is 336 g/mol. The third kappa shape index (κ3) is 4.57. The van der Waals surface area contributed by atoms with Crippen LogP contribution in [0.1, 0.15) is 36.2 Å². The summed E-state index contributed by atoms with van der Waals surface area (Å²) in [5, 5.41) is 10.1. The maximum absolute atomic E-state index is 12.1. The van der Waals surface area contributed by atoms with Gasteiger partial charge in [0.25, 0.3) is 15.9 Å². The lowest BCUT2D eigenvalue weighted by molar-refractivity contribution is 0.102. The molecular formula is C14H18N4O3S2. The molecule has 2 aromatic rings. The molecule has 1 aromatic heterocycles. The van der Waals surface area contributed by atoms with Crippen LogP contribution in [-0.4, -0.2) is 30.6 Å². The summed E-state index contributed by atoms with van der Waals surface area (Å²) in [7, 11) is -3.71. The van der Waals surface area contributed by atoms with Crippen LogP contribution in [-0.2, 0) is 10.0 Å². The Balaban J connectivity index is 2.12. The molecule has 0 fully saturated rings. The van der Waals surface area contributed by atoms with Crippen LogP contribution in [0, 0.1) is 6.92 Å². The summed E-state index contributed by atoms with van der Waals surface area (Å²) >= 11 is 0.815. The lowest BCUT2D eigenvalue weighted by Gasteiger charge is -2.08. The standard InChI is InChI=1S/C14H18N4O3S2/c1-4-10(3)18-23(20,21)14-17-16-13(22-14)15-12(19)11-7-5-6-9(2)8-11/h5-8,10,18H,4H2,1-3H3,(H,15,16,19). The van der Waals surface area contributed by atoms with E-state index in [1.54, 1.807) is 25.1 Å². The minimum atomic E-state index is -3.71. The third-order valence-electron chi connectivity index (χ3n) is 3.11. The van der Waals surface area contributed by atoms with Gasteiger partial charge in [-0.2, -0.15) is 0 Å². The third-order valence-corrected chi connectivity index (χ3v) is 5.90. The van der Waals surface area contributed by atoms with Crippen molar-refractivity contribution in [3.05, 3.63) is 35.4 Å². The van der Waals surface area contributed by atoms with Crippen LogP contribution in [0.5, 0.6) is 0 Å². The van der Waals surface area contributed by atoms with Crippen LogP contribution in [0.2, 0.25) is 0 Å². The number of benzene rings is 1. The predicted molar refractivity (Wildman–Crippen MR) is 89.1 cm³/mol. The first-order chi connectivity index (χ1) is 10.8. The Kier molecular flexibility index (Phi) is 5.45. The molecule has 0 bridgehead atoms. The molecule has 1 amide bonds. The number of nitrogens with zero attached hydrogens (tertiary/aromatic N) is 2. The van der Waals surface area contributed by atoms with E-state index < -0.39 is 10.0 Å². The molecule has 1 atom stereocenters. The second-order valence-electron chi connectivity index (χ2n) is 5.13. The van der Waals surface area contributed by atoms with Crippen molar-refractivity contribution in [2.45, 2.75) is 37.6 Å². The van der Waals surface area contributed by atoms with Crippen molar-refractivity contribution in [2.75, 3.05) is 5.32 Å². The Hall–Kier alpha value is -1.84. The number of hydrogen-bond donors (Lipinski definition) is 2.